The Morgan fingerprint density at radius 2 is 1.84 bits per heavy atom. The molecule has 0 bridgehead atoms. The van der Waals surface area contributed by atoms with Gasteiger partial charge in [0.05, 0.1) is 23.4 Å². The molecule has 9 nitrogen and oxygen atoms in total. The monoisotopic (exact) mass is 544 g/mol. The lowest BCUT2D eigenvalue weighted by atomic mass is 9.98. The summed E-state index contributed by atoms with van der Waals surface area (Å²) < 4.78 is 39.0. The first-order valence-electron chi connectivity index (χ1n) is 12.3. The second-order valence-corrected chi connectivity index (χ2v) is 11.9. The maximum Gasteiger partial charge on any atom is 0.277 e. The Balaban J connectivity index is 1.37. The van der Waals surface area contributed by atoms with Crippen LogP contribution in [0, 0.1) is 0 Å². The van der Waals surface area contributed by atoms with Gasteiger partial charge in [0.2, 0.25) is 21.8 Å². The largest absolute Gasteiger partial charge is 0.495 e. The zero-order valence-corrected chi connectivity index (χ0v) is 22.7. The van der Waals surface area contributed by atoms with Gasteiger partial charge in [-0.1, -0.05) is 61.9 Å². The van der Waals surface area contributed by atoms with E-state index < -0.39 is 10.0 Å². The van der Waals surface area contributed by atoms with Gasteiger partial charge in [-0.3, -0.25) is 4.79 Å². The van der Waals surface area contributed by atoms with E-state index in [1.807, 2.05) is 18.2 Å². The van der Waals surface area contributed by atoms with E-state index in [1.54, 1.807) is 6.07 Å². The molecule has 0 spiro atoms. The lowest BCUT2D eigenvalue weighted by Gasteiger charge is -2.21. The second-order valence-electron chi connectivity index (χ2n) is 8.99. The van der Waals surface area contributed by atoms with Crippen LogP contribution >= 0.6 is 11.8 Å². The Kier molecular flexibility index (Phi) is 9.23. The Hall–Kier alpha value is -2.89. The fourth-order valence-corrected chi connectivity index (χ4v) is 6.35. The first-order chi connectivity index (χ1) is 17.9. The van der Waals surface area contributed by atoms with E-state index in [1.165, 1.54) is 29.1 Å². The number of carbonyl (C=O) groups excluding carboxylic acids is 1. The minimum Gasteiger partial charge on any atom is -0.495 e. The molecule has 4 rings (SSSR count). The van der Waals surface area contributed by atoms with Crippen LogP contribution in [0.15, 0.2) is 63.1 Å². The third-order valence-electron chi connectivity index (χ3n) is 6.27. The van der Waals surface area contributed by atoms with Gasteiger partial charge in [-0.05, 0) is 42.5 Å². The maximum absolute atomic E-state index is 13.2. The summed E-state index contributed by atoms with van der Waals surface area (Å²) in [5, 5.41) is 11.2. The van der Waals surface area contributed by atoms with Crippen molar-refractivity contribution in [3.05, 3.63) is 60.0 Å². The van der Waals surface area contributed by atoms with Gasteiger partial charge in [0.1, 0.15) is 5.75 Å². The summed E-state index contributed by atoms with van der Waals surface area (Å²) in [6.45, 7) is 3.10. The van der Waals surface area contributed by atoms with E-state index in [-0.39, 0.29) is 22.5 Å². The molecule has 3 aromatic rings. The molecule has 0 saturated carbocycles. The molecule has 1 amide bonds. The molecule has 1 N–H and O–H groups in total. The molecular weight excluding hydrogens is 512 g/mol. The highest BCUT2D eigenvalue weighted by Gasteiger charge is 2.26. The van der Waals surface area contributed by atoms with E-state index in [4.69, 9.17) is 9.15 Å². The summed E-state index contributed by atoms with van der Waals surface area (Å²) in [5.41, 5.74) is 1.48. The zero-order valence-electron chi connectivity index (χ0n) is 21.1. The number of aromatic nitrogens is 2. The van der Waals surface area contributed by atoms with Gasteiger partial charge in [-0.25, -0.2) is 8.42 Å². The van der Waals surface area contributed by atoms with Crippen molar-refractivity contribution in [2.75, 3.05) is 31.3 Å². The number of sulfonamides is 1. The van der Waals surface area contributed by atoms with Gasteiger partial charge in [0.25, 0.3) is 5.22 Å². The normalized spacial score (nSPS) is 15.6. The minimum atomic E-state index is -3.66. The molecule has 37 heavy (non-hydrogen) atoms. The Morgan fingerprint density at radius 3 is 2.54 bits per heavy atom. The molecule has 2 heterocycles. The highest BCUT2D eigenvalue weighted by molar-refractivity contribution is 7.99. The quantitative estimate of drug-likeness (QED) is 0.365. The van der Waals surface area contributed by atoms with E-state index >= 15 is 0 Å². The number of amides is 1. The van der Waals surface area contributed by atoms with Crippen LogP contribution in [0.5, 0.6) is 5.75 Å². The molecule has 1 fully saturated rings. The SMILES string of the molecule is COc1ccc(S(=O)(=O)N2CCCCCC2)cc1NC(=O)CSc1nnc(CC(C)c2ccccc2)o1. The minimum absolute atomic E-state index is 0.0160. The highest BCUT2D eigenvalue weighted by Crippen LogP contribution is 2.30. The number of hydrogen-bond donors (Lipinski definition) is 1. The third kappa shape index (κ3) is 7.12. The zero-order chi connectivity index (χ0) is 26.3. The smallest absolute Gasteiger partial charge is 0.277 e. The standard InChI is InChI=1S/C26H32N4O5S2/c1-19(20-10-6-5-7-11-20)16-25-28-29-26(35-25)36-18-24(31)27-22-17-21(12-13-23(22)34-2)37(32,33)30-14-8-3-4-9-15-30/h5-7,10-13,17,19H,3-4,8-9,14-16,18H2,1-2H3,(H,27,31). The van der Waals surface area contributed by atoms with E-state index in [0.717, 1.165) is 37.4 Å². The van der Waals surface area contributed by atoms with Crippen molar-refractivity contribution >= 4 is 33.4 Å². The molecule has 2 aromatic carbocycles. The van der Waals surface area contributed by atoms with E-state index in [2.05, 4.69) is 34.6 Å². The molecule has 1 unspecified atom stereocenters. The number of nitrogens with zero attached hydrogens (tertiary/aromatic N) is 3. The number of ether oxygens (including phenoxy) is 1. The van der Waals surface area contributed by atoms with Gasteiger partial charge in [-0.15, -0.1) is 10.2 Å². The Bertz CT molecular complexity index is 1290. The predicted octanol–water partition coefficient (Wildman–Crippen LogP) is 4.72. The van der Waals surface area contributed by atoms with Crippen LogP contribution in [0.1, 0.15) is 50.0 Å². The fourth-order valence-electron chi connectivity index (χ4n) is 4.23. The molecule has 0 radical (unpaired) electrons. The average molecular weight is 545 g/mol. The number of anilines is 1. The van der Waals surface area contributed by atoms with Crippen molar-refractivity contribution in [1.82, 2.24) is 14.5 Å². The molecule has 1 atom stereocenters. The predicted molar refractivity (Wildman–Crippen MR) is 142 cm³/mol. The number of thioether (sulfide) groups is 1. The van der Waals surface area contributed by atoms with Crippen molar-refractivity contribution < 1.29 is 22.4 Å². The number of methoxy groups -OCH3 is 1. The van der Waals surface area contributed by atoms with Crippen molar-refractivity contribution in [3.63, 3.8) is 0 Å². The number of carbonyl (C=O) groups is 1. The lowest BCUT2D eigenvalue weighted by Crippen LogP contribution is -2.32. The summed E-state index contributed by atoms with van der Waals surface area (Å²) in [6, 6.07) is 14.6. The molecule has 198 valence electrons. The topological polar surface area (TPSA) is 115 Å². The van der Waals surface area contributed by atoms with Crippen LogP contribution in [0.2, 0.25) is 0 Å². The van der Waals surface area contributed by atoms with Gasteiger partial charge in [0.15, 0.2) is 0 Å². The molecular formula is C26H32N4O5S2. The summed E-state index contributed by atoms with van der Waals surface area (Å²) >= 11 is 1.12. The van der Waals surface area contributed by atoms with Crippen LogP contribution in [0.4, 0.5) is 5.69 Å². The number of rotatable bonds is 10. The van der Waals surface area contributed by atoms with Crippen LogP contribution in [-0.2, 0) is 21.2 Å². The van der Waals surface area contributed by atoms with Crippen LogP contribution < -0.4 is 10.1 Å². The molecule has 1 aromatic heterocycles. The van der Waals surface area contributed by atoms with E-state index in [0.29, 0.717) is 42.1 Å². The van der Waals surface area contributed by atoms with Crippen molar-refractivity contribution in [2.24, 2.45) is 0 Å². The molecule has 1 aliphatic heterocycles. The van der Waals surface area contributed by atoms with Crippen molar-refractivity contribution in [3.8, 4) is 5.75 Å². The van der Waals surface area contributed by atoms with Gasteiger partial charge in [0, 0.05) is 19.5 Å². The first-order valence-corrected chi connectivity index (χ1v) is 14.8. The Labute approximate surface area is 222 Å². The van der Waals surface area contributed by atoms with Crippen molar-refractivity contribution in [1.29, 1.82) is 0 Å². The maximum atomic E-state index is 13.2. The van der Waals surface area contributed by atoms with Gasteiger partial charge < -0.3 is 14.5 Å². The molecule has 1 aliphatic rings. The molecule has 1 saturated heterocycles. The fraction of sp³-hybridized carbons (Fsp3) is 0.423. The van der Waals surface area contributed by atoms with Crippen molar-refractivity contribution in [2.45, 2.75) is 55.1 Å². The first kappa shape index (κ1) is 27.2. The van der Waals surface area contributed by atoms with Gasteiger partial charge in [-0.2, -0.15) is 4.31 Å². The summed E-state index contributed by atoms with van der Waals surface area (Å²) in [5.74, 6) is 0.774. The summed E-state index contributed by atoms with van der Waals surface area (Å²) in [7, 11) is -2.19. The lowest BCUT2D eigenvalue weighted by molar-refractivity contribution is -0.113. The average Bonchev–Trinajstić information content (AvgIpc) is 3.16. The van der Waals surface area contributed by atoms with Crippen LogP contribution in [-0.4, -0.2) is 54.8 Å². The summed E-state index contributed by atoms with van der Waals surface area (Å²) in [4.78, 5) is 12.8. The number of nitrogens with one attached hydrogen (secondary N) is 1. The van der Waals surface area contributed by atoms with Crippen LogP contribution in [0.25, 0.3) is 0 Å². The second kappa shape index (κ2) is 12.6. The molecule has 0 aliphatic carbocycles. The van der Waals surface area contributed by atoms with Crippen LogP contribution in [0.3, 0.4) is 0 Å². The third-order valence-corrected chi connectivity index (χ3v) is 8.99. The Morgan fingerprint density at radius 1 is 1.11 bits per heavy atom. The van der Waals surface area contributed by atoms with E-state index in [9.17, 15) is 13.2 Å². The number of benzene rings is 2. The highest BCUT2D eigenvalue weighted by atomic mass is 32.2. The molecule has 11 heteroatoms. The van der Waals surface area contributed by atoms with Gasteiger partial charge >= 0.3 is 0 Å². The summed E-state index contributed by atoms with van der Waals surface area (Å²) in [6.07, 6.45) is 4.35. The number of hydrogen-bond acceptors (Lipinski definition) is 8.